The van der Waals surface area contributed by atoms with Crippen LogP contribution in [0.25, 0.3) is 125 Å². The second-order valence-electron chi connectivity index (χ2n) is 15.0. The first-order chi connectivity index (χ1) is 27.8. The van der Waals surface area contributed by atoms with Crippen LogP contribution in [0.3, 0.4) is 0 Å². The van der Waals surface area contributed by atoms with Crippen molar-refractivity contribution in [2.45, 2.75) is 0 Å². The Labute approximate surface area is 323 Å². The van der Waals surface area contributed by atoms with Crippen molar-refractivity contribution < 1.29 is 0 Å². The molecular formula is C55H31N. The van der Waals surface area contributed by atoms with Gasteiger partial charge in [0.05, 0.1) is 6.57 Å². The number of benzene rings is 10. The predicted octanol–water partition coefficient (Wildman–Crippen LogP) is 15.9. The third kappa shape index (κ3) is 4.24. The summed E-state index contributed by atoms with van der Waals surface area (Å²) < 4.78 is 0. The zero-order valence-corrected chi connectivity index (χ0v) is 30.3. The maximum atomic E-state index is 7.57. The highest BCUT2D eigenvalue weighted by Crippen LogP contribution is 2.55. The van der Waals surface area contributed by atoms with Gasteiger partial charge in [-0.15, -0.1) is 0 Å². The van der Waals surface area contributed by atoms with Crippen molar-refractivity contribution in [2.75, 3.05) is 0 Å². The van der Waals surface area contributed by atoms with Crippen LogP contribution in [0.15, 0.2) is 188 Å². The van der Waals surface area contributed by atoms with E-state index in [-0.39, 0.29) is 0 Å². The van der Waals surface area contributed by atoms with Crippen molar-refractivity contribution in [1.29, 1.82) is 0 Å². The highest BCUT2D eigenvalue weighted by molar-refractivity contribution is 6.45. The van der Waals surface area contributed by atoms with E-state index in [9.17, 15) is 0 Å². The number of fused-ring (bicyclic) bond motifs is 8. The quantitative estimate of drug-likeness (QED) is 0.127. The Morgan fingerprint density at radius 1 is 0.268 bits per heavy atom. The molecule has 12 rings (SSSR count). The van der Waals surface area contributed by atoms with Crippen LogP contribution in [0, 0.1) is 6.57 Å². The molecule has 0 aliphatic carbocycles. The van der Waals surface area contributed by atoms with Crippen molar-refractivity contribution >= 4 is 81.1 Å². The van der Waals surface area contributed by atoms with E-state index in [4.69, 9.17) is 6.57 Å². The van der Waals surface area contributed by atoms with E-state index in [1.54, 1.807) is 0 Å². The fraction of sp³-hybridized carbons (Fsp3) is 0. The molecule has 1 heteroatoms. The van der Waals surface area contributed by atoms with Crippen LogP contribution in [-0.2, 0) is 0 Å². The van der Waals surface area contributed by atoms with Crippen molar-refractivity contribution in [3.63, 3.8) is 0 Å². The maximum absolute atomic E-state index is 7.57. The van der Waals surface area contributed by atoms with E-state index >= 15 is 0 Å². The lowest BCUT2D eigenvalue weighted by molar-refractivity contribution is 1.61. The van der Waals surface area contributed by atoms with Crippen molar-refractivity contribution in [3.05, 3.63) is 199 Å². The first-order valence-electron chi connectivity index (χ1n) is 19.2. The summed E-state index contributed by atoms with van der Waals surface area (Å²) in [6, 6.07) is 68.7. The largest absolute Gasteiger partial charge is 0.238 e. The molecule has 0 N–H and O–H groups in total. The van der Waals surface area contributed by atoms with Gasteiger partial charge in [-0.2, -0.15) is 0 Å². The molecule has 0 saturated carbocycles. The minimum absolute atomic E-state index is 0.651. The predicted molar refractivity (Wildman–Crippen MR) is 239 cm³/mol. The van der Waals surface area contributed by atoms with E-state index in [1.807, 2.05) is 18.2 Å². The molecule has 0 aliphatic rings. The Bertz CT molecular complexity index is 3570. The van der Waals surface area contributed by atoms with Crippen molar-refractivity contribution in [3.8, 4) is 44.5 Å². The minimum Gasteiger partial charge on any atom is -0.238 e. The molecule has 56 heavy (non-hydrogen) atoms. The Morgan fingerprint density at radius 2 is 0.768 bits per heavy atom. The van der Waals surface area contributed by atoms with Crippen LogP contribution >= 0.6 is 0 Å². The van der Waals surface area contributed by atoms with Crippen molar-refractivity contribution in [1.82, 2.24) is 0 Å². The van der Waals surface area contributed by atoms with Crippen LogP contribution in [0.5, 0.6) is 0 Å². The average Bonchev–Trinajstić information content (AvgIpc) is 3.78. The highest BCUT2D eigenvalue weighted by Gasteiger charge is 2.26. The van der Waals surface area contributed by atoms with Gasteiger partial charge in [-0.1, -0.05) is 170 Å². The monoisotopic (exact) mass is 705 g/mol. The van der Waals surface area contributed by atoms with Crippen molar-refractivity contribution in [2.24, 2.45) is 0 Å². The number of rotatable bonds is 4. The van der Waals surface area contributed by atoms with E-state index < -0.39 is 0 Å². The maximum Gasteiger partial charge on any atom is 0.187 e. The first kappa shape index (κ1) is 30.9. The molecule has 0 saturated heterocycles. The summed E-state index contributed by atoms with van der Waals surface area (Å²) in [7, 11) is 0. The molecule has 0 aromatic heterocycles. The summed E-state index contributed by atoms with van der Waals surface area (Å²) in [4.78, 5) is 3.69. The molecule has 0 atom stereocenters. The first-order valence-corrected chi connectivity index (χ1v) is 19.2. The molecule has 0 aliphatic heterocycles. The molecule has 0 unspecified atom stereocenters. The summed E-state index contributed by atoms with van der Waals surface area (Å²) in [6.45, 7) is 7.57. The number of hydrogen-bond donors (Lipinski definition) is 0. The second kappa shape index (κ2) is 11.7. The lowest BCUT2D eigenvalue weighted by atomic mass is 9.84. The van der Waals surface area contributed by atoms with Gasteiger partial charge in [0.2, 0.25) is 0 Å². The molecule has 0 spiro atoms. The molecule has 1 nitrogen and oxygen atoms in total. The smallest absolute Gasteiger partial charge is 0.187 e. The van der Waals surface area contributed by atoms with Gasteiger partial charge < -0.3 is 0 Å². The zero-order valence-electron chi connectivity index (χ0n) is 30.3. The van der Waals surface area contributed by atoms with Gasteiger partial charge in [-0.05, 0) is 138 Å². The van der Waals surface area contributed by atoms with Gasteiger partial charge in [0.15, 0.2) is 5.69 Å². The zero-order chi connectivity index (χ0) is 36.9. The summed E-state index contributed by atoms with van der Waals surface area (Å²) in [6.07, 6.45) is 0. The number of hydrogen-bond acceptors (Lipinski definition) is 0. The van der Waals surface area contributed by atoms with Crippen LogP contribution in [0.1, 0.15) is 0 Å². The van der Waals surface area contributed by atoms with E-state index in [2.05, 4.69) is 175 Å². The third-order valence-electron chi connectivity index (χ3n) is 12.1. The van der Waals surface area contributed by atoms with Gasteiger partial charge in [-0.3, -0.25) is 0 Å². The number of nitrogens with zero attached hydrogens (tertiary/aromatic N) is 1. The molecule has 0 heterocycles. The Hall–Kier alpha value is -7.53. The van der Waals surface area contributed by atoms with E-state index in [1.165, 1.54) is 103 Å². The second-order valence-corrected chi connectivity index (χ2v) is 15.0. The standard InChI is InChI=1S/C55H31N/c1-56-38-21-11-19-36(31-38)35-18-10-20-37(30-35)39-28-29-46-51-42(39)24-12-27-45(51)55-50(34-16-6-3-7-17-34)53-44-26-13-25-43-40-22-8-9-23-41(40)47(52(43)44)32-48(53)49(54(46)55)33-14-4-2-5-15-33/h2-32H. The lowest BCUT2D eigenvalue weighted by Gasteiger charge is -2.19. The van der Waals surface area contributed by atoms with Gasteiger partial charge in [-0.25, -0.2) is 4.85 Å². The van der Waals surface area contributed by atoms with Crippen LogP contribution < -0.4 is 0 Å². The minimum atomic E-state index is 0.651. The summed E-state index contributed by atoms with van der Waals surface area (Å²) in [5, 5.41) is 18.2. The van der Waals surface area contributed by atoms with Gasteiger partial charge in [0.25, 0.3) is 0 Å². The topological polar surface area (TPSA) is 4.36 Å². The molecular weight excluding hydrogens is 675 g/mol. The van der Waals surface area contributed by atoms with Crippen LogP contribution in [-0.4, -0.2) is 0 Å². The fourth-order valence-electron chi connectivity index (χ4n) is 9.88. The van der Waals surface area contributed by atoms with Gasteiger partial charge >= 0.3 is 0 Å². The van der Waals surface area contributed by atoms with Gasteiger partial charge in [0, 0.05) is 0 Å². The molecule has 256 valence electrons. The molecule has 0 bridgehead atoms. The van der Waals surface area contributed by atoms with E-state index in [0.29, 0.717) is 5.69 Å². The lowest BCUT2D eigenvalue weighted by Crippen LogP contribution is -1.91. The summed E-state index contributed by atoms with van der Waals surface area (Å²) in [5.74, 6) is 0. The van der Waals surface area contributed by atoms with E-state index in [0.717, 1.165) is 16.7 Å². The summed E-state index contributed by atoms with van der Waals surface area (Å²) in [5.41, 5.74) is 10.2. The SMILES string of the molecule is [C-]#[N+]c1cccc(-c2cccc(-c3ccc4c5c(-c6ccccc6)c6cc7c8ccccc8c8cccc(c6c(-c6ccccc6)c5c5cccc3c45)c87)c2)c1. The molecule has 0 radical (unpaired) electrons. The Morgan fingerprint density at radius 3 is 1.52 bits per heavy atom. The Kier molecular flexibility index (Phi) is 6.47. The fourth-order valence-corrected chi connectivity index (χ4v) is 9.88. The Balaban J connectivity index is 1.28. The molecule has 12 aromatic rings. The van der Waals surface area contributed by atoms with Gasteiger partial charge in [0.1, 0.15) is 0 Å². The highest BCUT2D eigenvalue weighted by atomic mass is 14.6. The third-order valence-corrected chi connectivity index (χ3v) is 12.1. The average molecular weight is 706 g/mol. The van der Waals surface area contributed by atoms with Crippen LogP contribution in [0.2, 0.25) is 0 Å². The molecule has 0 amide bonds. The summed E-state index contributed by atoms with van der Waals surface area (Å²) >= 11 is 0. The molecule has 0 fully saturated rings. The normalized spacial score (nSPS) is 11.9. The van der Waals surface area contributed by atoms with Crippen LogP contribution in [0.4, 0.5) is 5.69 Å². The molecule has 12 aromatic carbocycles.